The summed E-state index contributed by atoms with van der Waals surface area (Å²) in [5.41, 5.74) is 5.12. The van der Waals surface area contributed by atoms with Gasteiger partial charge in [0.15, 0.2) is 11.6 Å². The summed E-state index contributed by atoms with van der Waals surface area (Å²) >= 11 is 0. The van der Waals surface area contributed by atoms with E-state index in [0.717, 1.165) is 6.07 Å². The van der Waals surface area contributed by atoms with Crippen molar-refractivity contribution < 1.29 is 18.7 Å². The van der Waals surface area contributed by atoms with Crippen LogP contribution in [0.2, 0.25) is 0 Å². The van der Waals surface area contributed by atoms with Crippen LogP contribution in [0.4, 0.5) is 14.5 Å². The van der Waals surface area contributed by atoms with Crippen molar-refractivity contribution in [2.45, 2.75) is 0 Å². The Morgan fingerprint density at radius 3 is 2.59 bits per heavy atom. The van der Waals surface area contributed by atoms with Gasteiger partial charge in [0, 0.05) is 5.56 Å². The van der Waals surface area contributed by atoms with Gasteiger partial charge in [0.2, 0.25) is 0 Å². The lowest BCUT2D eigenvalue weighted by Crippen LogP contribution is -1.95. The maximum absolute atomic E-state index is 13.1. The highest BCUT2D eigenvalue weighted by Gasteiger charge is 2.13. The van der Waals surface area contributed by atoms with Gasteiger partial charge >= 0.3 is 5.97 Å². The second-order valence-electron chi connectivity index (χ2n) is 3.33. The Morgan fingerprint density at radius 1 is 1.35 bits per heavy atom. The Kier molecular flexibility index (Phi) is 2.51. The molecule has 0 aliphatic carbocycles. The summed E-state index contributed by atoms with van der Waals surface area (Å²) in [6.45, 7) is 0. The van der Waals surface area contributed by atoms with E-state index in [1.54, 1.807) is 0 Å². The topological polar surface area (TPSA) is 92.0 Å². The number of carboxylic acid groups (broad SMARTS) is 1. The maximum atomic E-state index is 13.1. The fourth-order valence-electron chi connectivity index (χ4n) is 1.34. The smallest absolute Gasteiger partial charge is 0.353 e. The third kappa shape index (κ3) is 1.94. The first-order valence-corrected chi connectivity index (χ1v) is 4.52. The first-order valence-electron chi connectivity index (χ1n) is 4.52. The summed E-state index contributed by atoms with van der Waals surface area (Å²) in [7, 11) is 0. The van der Waals surface area contributed by atoms with Crippen molar-refractivity contribution in [1.82, 2.24) is 10.2 Å². The Balaban J connectivity index is 2.49. The number of nitrogen functional groups attached to an aromatic ring is 1. The van der Waals surface area contributed by atoms with E-state index in [2.05, 4.69) is 10.2 Å². The standard InChI is InChI=1S/C10H7F2N3O2/c11-5-1-4(2-6(13)9(5)12)7-3-8(10(16)17)15-14-7/h1-3H,13H2,(H,14,15)(H,16,17). The molecule has 0 spiro atoms. The zero-order valence-electron chi connectivity index (χ0n) is 8.37. The van der Waals surface area contributed by atoms with Crippen LogP contribution in [0.15, 0.2) is 18.2 Å². The number of aromatic carboxylic acids is 1. The number of H-pyrrole nitrogens is 1. The lowest BCUT2D eigenvalue weighted by Gasteiger charge is -2.01. The number of nitrogens with zero attached hydrogens (tertiary/aromatic N) is 1. The van der Waals surface area contributed by atoms with E-state index >= 15 is 0 Å². The predicted octanol–water partition coefficient (Wildman–Crippen LogP) is 1.64. The predicted molar refractivity (Wildman–Crippen MR) is 55.3 cm³/mol. The number of hydrogen-bond donors (Lipinski definition) is 3. The molecule has 0 radical (unpaired) electrons. The van der Waals surface area contributed by atoms with Gasteiger partial charge in [-0.25, -0.2) is 13.6 Å². The average molecular weight is 239 g/mol. The SMILES string of the molecule is Nc1cc(-c2cc(C(=O)O)[nH]n2)cc(F)c1F. The molecule has 0 atom stereocenters. The van der Waals surface area contributed by atoms with Crippen molar-refractivity contribution in [3.8, 4) is 11.3 Å². The van der Waals surface area contributed by atoms with Crippen LogP contribution in [-0.4, -0.2) is 21.3 Å². The van der Waals surface area contributed by atoms with Crippen LogP contribution in [0.25, 0.3) is 11.3 Å². The largest absolute Gasteiger partial charge is 0.477 e. The molecule has 0 fully saturated rings. The molecule has 4 N–H and O–H groups in total. The number of carbonyl (C=O) groups is 1. The van der Waals surface area contributed by atoms with Crippen LogP contribution in [0.1, 0.15) is 10.5 Å². The molecule has 2 rings (SSSR count). The summed E-state index contributed by atoms with van der Waals surface area (Å²) in [4.78, 5) is 10.6. The van der Waals surface area contributed by atoms with Crippen molar-refractivity contribution >= 4 is 11.7 Å². The van der Waals surface area contributed by atoms with Crippen LogP contribution in [0.3, 0.4) is 0 Å². The molecule has 0 aliphatic rings. The van der Waals surface area contributed by atoms with E-state index in [1.165, 1.54) is 12.1 Å². The van der Waals surface area contributed by atoms with Crippen molar-refractivity contribution in [3.63, 3.8) is 0 Å². The zero-order valence-corrected chi connectivity index (χ0v) is 8.37. The number of hydrogen-bond acceptors (Lipinski definition) is 3. The van der Waals surface area contributed by atoms with Crippen molar-refractivity contribution in [3.05, 3.63) is 35.5 Å². The van der Waals surface area contributed by atoms with Crippen LogP contribution in [0, 0.1) is 11.6 Å². The van der Waals surface area contributed by atoms with Crippen molar-refractivity contribution in [1.29, 1.82) is 0 Å². The fourth-order valence-corrected chi connectivity index (χ4v) is 1.34. The molecule has 0 aliphatic heterocycles. The molecule has 0 unspecified atom stereocenters. The number of anilines is 1. The quantitative estimate of drug-likeness (QED) is 0.694. The van der Waals surface area contributed by atoms with Gasteiger partial charge in [-0.05, 0) is 18.2 Å². The molecule has 0 bridgehead atoms. The second kappa shape index (κ2) is 3.85. The number of carboxylic acids is 1. The molecule has 17 heavy (non-hydrogen) atoms. The van der Waals surface area contributed by atoms with Gasteiger partial charge in [-0.15, -0.1) is 0 Å². The fraction of sp³-hybridized carbons (Fsp3) is 0. The van der Waals surface area contributed by atoms with Crippen molar-refractivity contribution in [2.75, 3.05) is 5.73 Å². The highest BCUT2D eigenvalue weighted by atomic mass is 19.2. The van der Waals surface area contributed by atoms with Gasteiger partial charge in [0.1, 0.15) is 5.69 Å². The molecule has 2 aromatic rings. The minimum Gasteiger partial charge on any atom is -0.477 e. The van der Waals surface area contributed by atoms with Crippen molar-refractivity contribution in [2.24, 2.45) is 0 Å². The third-order valence-electron chi connectivity index (χ3n) is 2.16. The summed E-state index contributed by atoms with van der Waals surface area (Å²) in [5, 5.41) is 14.6. The Hall–Kier alpha value is -2.44. The first-order chi connectivity index (χ1) is 7.99. The Morgan fingerprint density at radius 2 is 2.06 bits per heavy atom. The molecule has 5 nitrogen and oxygen atoms in total. The van der Waals surface area contributed by atoms with Crippen LogP contribution >= 0.6 is 0 Å². The molecular weight excluding hydrogens is 232 g/mol. The molecular formula is C10H7F2N3O2. The second-order valence-corrected chi connectivity index (χ2v) is 3.33. The summed E-state index contributed by atoms with van der Waals surface area (Å²) < 4.78 is 26.0. The first kappa shape index (κ1) is 11.1. The van der Waals surface area contributed by atoms with Gasteiger partial charge in [-0.3, -0.25) is 5.10 Å². The van der Waals surface area contributed by atoms with Crippen LogP contribution < -0.4 is 5.73 Å². The number of aromatic amines is 1. The Bertz CT molecular complexity index is 572. The number of nitrogens with one attached hydrogen (secondary N) is 1. The van der Waals surface area contributed by atoms with E-state index in [-0.39, 0.29) is 22.6 Å². The molecule has 1 aromatic carbocycles. The lowest BCUT2D eigenvalue weighted by atomic mass is 10.1. The maximum Gasteiger partial charge on any atom is 0.353 e. The third-order valence-corrected chi connectivity index (χ3v) is 2.16. The van der Waals surface area contributed by atoms with Crippen LogP contribution in [0.5, 0.6) is 0 Å². The molecule has 88 valence electrons. The number of aromatic nitrogens is 2. The molecule has 0 saturated carbocycles. The highest BCUT2D eigenvalue weighted by molar-refractivity contribution is 5.87. The number of halogens is 2. The highest BCUT2D eigenvalue weighted by Crippen LogP contribution is 2.24. The van der Waals surface area contributed by atoms with Gasteiger partial charge in [0.05, 0.1) is 11.4 Å². The number of nitrogens with two attached hydrogens (primary N) is 1. The summed E-state index contributed by atoms with van der Waals surface area (Å²) in [5.74, 6) is -3.44. The molecule has 0 amide bonds. The summed E-state index contributed by atoms with van der Waals surface area (Å²) in [6.07, 6.45) is 0. The van der Waals surface area contributed by atoms with Gasteiger partial charge < -0.3 is 10.8 Å². The summed E-state index contributed by atoms with van der Waals surface area (Å²) in [6, 6.07) is 3.28. The van der Waals surface area contributed by atoms with Gasteiger partial charge in [-0.2, -0.15) is 5.10 Å². The molecule has 1 heterocycles. The average Bonchev–Trinajstić information content (AvgIpc) is 2.74. The van der Waals surface area contributed by atoms with Gasteiger partial charge in [0.25, 0.3) is 0 Å². The monoisotopic (exact) mass is 239 g/mol. The minimum absolute atomic E-state index is 0.150. The van der Waals surface area contributed by atoms with E-state index in [4.69, 9.17) is 10.8 Å². The van der Waals surface area contributed by atoms with E-state index < -0.39 is 17.6 Å². The lowest BCUT2D eigenvalue weighted by molar-refractivity contribution is 0.0690. The molecule has 7 heteroatoms. The minimum atomic E-state index is -1.20. The van der Waals surface area contributed by atoms with Crippen LogP contribution in [-0.2, 0) is 0 Å². The number of rotatable bonds is 2. The molecule has 0 saturated heterocycles. The normalized spacial score (nSPS) is 10.5. The number of benzene rings is 1. The molecule has 1 aromatic heterocycles. The van der Waals surface area contributed by atoms with E-state index in [9.17, 15) is 13.6 Å². The van der Waals surface area contributed by atoms with E-state index in [0.29, 0.717) is 0 Å². The Labute approximate surface area is 93.9 Å². The van der Waals surface area contributed by atoms with Gasteiger partial charge in [-0.1, -0.05) is 0 Å². The zero-order chi connectivity index (χ0) is 12.6. The van der Waals surface area contributed by atoms with E-state index in [1.807, 2.05) is 0 Å².